The molecule has 96 valence electrons. The first-order chi connectivity index (χ1) is 8.19. The molecule has 0 amide bonds. The van der Waals surface area contributed by atoms with Crippen molar-refractivity contribution in [3.63, 3.8) is 0 Å². The standard InChI is InChI=1S/C12H22N4O/c1-9(2)7-16-12(14-8-15-16)6-13-10-4-11(5-10)17-3/h8-11,13H,4-7H2,1-3H3. The van der Waals surface area contributed by atoms with Crippen LogP contribution in [0.3, 0.4) is 0 Å². The van der Waals surface area contributed by atoms with Crippen molar-refractivity contribution in [1.82, 2.24) is 20.1 Å². The minimum atomic E-state index is 0.445. The van der Waals surface area contributed by atoms with Crippen LogP contribution in [0.4, 0.5) is 0 Å². The summed E-state index contributed by atoms with van der Waals surface area (Å²) in [6.45, 7) is 6.11. The second-order valence-corrected chi connectivity index (χ2v) is 5.16. The smallest absolute Gasteiger partial charge is 0.140 e. The van der Waals surface area contributed by atoms with E-state index in [9.17, 15) is 0 Å². The molecule has 1 N–H and O–H groups in total. The summed E-state index contributed by atoms with van der Waals surface area (Å²) in [6.07, 6.45) is 4.29. The fraction of sp³-hybridized carbons (Fsp3) is 0.833. The van der Waals surface area contributed by atoms with E-state index in [-0.39, 0.29) is 0 Å². The fourth-order valence-electron chi connectivity index (χ4n) is 2.08. The third kappa shape index (κ3) is 3.26. The minimum absolute atomic E-state index is 0.445. The van der Waals surface area contributed by atoms with Crippen LogP contribution < -0.4 is 5.32 Å². The van der Waals surface area contributed by atoms with Gasteiger partial charge in [-0.3, -0.25) is 0 Å². The zero-order chi connectivity index (χ0) is 12.3. The molecule has 0 saturated heterocycles. The summed E-state index contributed by atoms with van der Waals surface area (Å²) in [5.41, 5.74) is 0. The van der Waals surface area contributed by atoms with Crippen LogP contribution in [0, 0.1) is 5.92 Å². The lowest BCUT2D eigenvalue weighted by atomic mass is 9.89. The molecule has 1 aromatic heterocycles. The van der Waals surface area contributed by atoms with Gasteiger partial charge in [-0.1, -0.05) is 13.8 Å². The molecule has 1 aliphatic rings. The number of methoxy groups -OCH3 is 1. The van der Waals surface area contributed by atoms with E-state index in [1.54, 1.807) is 13.4 Å². The van der Waals surface area contributed by atoms with E-state index >= 15 is 0 Å². The molecule has 2 rings (SSSR count). The van der Waals surface area contributed by atoms with Gasteiger partial charge in [-0.2, -0.15) is 5.10 Å². The summed E-state index contributed by atoms with van der Waals surface area (Å²) >= 11 is 0. The Bertz CT molecular complexity index is 344. The third-order valence-corrected chi connectivity index (χ3v) is 3.21. The molecule has 5 heteroatoms. The van der Waals surface area contributed by atoms with Gasteiger partial charge in [-0.15, -0.1) is 0 Å². The Morgan fingerprint density at radius 3 is 2.94 bits per heavy atom. The van der Waals surface area contributed by atoms with Gasteiger partial charge in [-0.25, -0.2) is 9.67 Å². The summed E-state index contributed by atoms with van der Waals surface area (Å²) in [5, 5.41) is 7.75. The van der Waals surface area contributed by atoms with Crippen molar-refractivity contribution in [3.05, 3.63) is 12.2 Å². The van der Waals surface area contributed by atoms with Crippen LogP contribution in [0.25, 0.3) is 0 Å². The van der Waals surface area contributed by atoms with Gasteiger partial charge in [0.25, 0.3) is 0 Å². The Morgan fingerprint density at radius 1 is 1.53 bits per heavy atom. The van der Waals surface area contributed by atoms with E-state index in [1.165, 1.54) is 0 Å². The zero-order valence-corrected chi connectivity index (χ0v) is 10.9. The molecule has 5 nitrogen and oxygen atoms in total. The van der Waals surface area contributed by atoms with Crippen LogP contribution in [0.2, 0.25) is 0 Å². The van der Waals surface area contributed by atoms with Gasteiger partial charge >= 0.3 is 0 Å². The molecular weight excluding hydrogens is 216 g/mol. The number of nitrogens with one attached hydrogen (secondary N) is 1. The molecule has 1 heterocycles. The third-order valence-electron chi connectivity index (χ3n) is 3.21. The summed E-state index contributed by atoms with van der Waals surface area (Å²) in [7, 11) is 1.78. The Hall–Kier alpha value is -0.940. The first kappa shape index (κ1) is 12.5. The average molecular weight is 238 g/mol. The van der Waals surface area contributed by atoms with E-state index in [4.69, 9.17) is 4.74 Å². The largest absolute Gasteiger partial charge is 0.381 e. The van der Waals surface area contributed by atoms with Gasteiger partial charge in [-0.05, 0) is 18.8 Å². The molecule has 0 aliphatic heterocycles. The maximum absolute atomic E-state index is 5.26. The van der Waals surface area contributed by atoms with Crippen LogP contribution in [0.5, 0.6) is 0 Å². The average Bonchev–Trinajstić information content (AvgIpc) is 2.63. The highest BCUT2D eigenvalue weighted by Gasteiger charge is 2.28. The van der Waals surface area contributed by atoms with Gasteiger partial charge in [0.15, 0.2) is 0 Å². The SMILES string of the molecule is COC1CC(NCc2ncnn2CC(C)C)C1. The Labute approximate surface area is 103 Å². The van der Waals surface area contributed by atoms with Crippen LogP contribution in [-0.2, 0) is 17.8 Å². The van der Waals surface area contributed by atoms with Gasteiger partial charge in [0.05, 0.1) is 12.6 Å². The van der Waals surface area contributed by atoms with Gasteiger partial charge in [0.2, 0.25) is 0 Å². The molecule has 17 heavy (non-hydrogen) atoms. The van der Waals surface area contributed by atoms with Crippen molar-refractivity contribution in [3.8, 4) is 0 Å². The second-order valence-electron chi connectivity index (χ2n) is 5.16. The van der Waals surface area contributed by atoms with Crippen molar-refractivity contribution >= 4 is 0 Å². The van der Waals surface area contributed by atoms with Gasteiger partial charge in [0.1, 0.15) is 12.2 Å². The summed E-state index contributed by atoms with van der Waals surface area (Å²) < 4.78 is 7.25. The van der Waals surface area contributed by atoms with E-state index < -0.39 is 0 Å². The Morgan fingerprint density at radius 2 is 2.29 bits per heavy atom. The molecule has 0 aromatic carbocycles. The molecule has 0 radical (unpaired) electrons. The maximum Gasteiger partial charge on any atom is 0.140 e. The van der Waals surface area contributed by atoms with Crippen molar-refractivity contribution in [1.29, 1.82) is 0 Å². The second kappa shape index (κ2) is 5.60. The fourth-order valence-corrected chi connectivity index (χ4v) is 2.08. The molecule has 0 spiro atoms. The highest BCUT2D eigenvalue weighted by molar-refractivity contribution is 4.90. The normalized spacial score (nSPS) is 24.0. The number of ether oxygens (including phenoxy) is 1. The number of rotatable bonds is 6. The van der Waals surface area contributed by atoms with Crippen LogP contribution in [0.15, 0.2) is 6.33 Å². The first-order valence-electron chi connectivity index (χ1n) is 6.32. The van der Waals surface area contributed by atoms with Gasteiger partial charge < -0.3 is 10.1 Å². The molecule has 1 fully saturated rings. The molecular formula is C12H22N4O. The van der Waals surface area contributed by atoms with Gasteiger partial charge in [0, 0.05) is 19.7 Å². The summed E-state index contributed by atoms with van der Waals surface area (Å²) in [5.74, 6) is 1.62. The number of hydrogen-bond donors (Lipinski definition) is 1. The lowest BCUT2D eigenvalue weighted by Gasteiger charge is -2.34. The maximum atomic E-state index is 5.26. The summed E-state index contributed by atoms with van der Waals surface area (Å²) in [6, 6.07) is 0.573. The van der Waals surface area contributed by atoms with E-state index in [0.29, 0.717) is 18.1 Å². The van der Waals surface area contributed by atoms with Crippen molar-refractivity contribution < 1.29 is 4.74 Å². The predicted octanol–water partition coefficient (Wildman–Crippen LogP) is 1.20. The number of nitrogens with zero attached hydrogens (tertiary/aromatic N) is 3. The highest BCUT2D eigenvalue weighted by atomic mass is 16.5. The molecule has 1 aromatic rings. The first-order valence-corrected chi connectivity index (χ1v) is 6.32. The lowest BCUT2D eigenvalue weighted by molar-refractivity contribution is 0.0167. The summed E-state index contributed by atoms with van der Waals surface area (Å²) in [4.78, 5) is 4.30. The highest BCUT2D eigenvalue weighted by Crippen LogP contribution is 2.22. The quantitative estimate of drug-likeness (QED) is 0.809. The number of aromatic nitrogens is 3. The van der Waals surface area contributed by atoms with E-state index in [1.807, 2.05) is 4.68 Å². The molecule has 1 saturated carbocycles. The topological polar surface area (TPSA) is 52.0 Å². The molecule has 0 bridgehead atoms. The number of hydrogen-bond acceptors (Lipinski definition) is 4. The van der Waals surface area contributed by atoms with Crippen LogP contribution in [-0.4, -0.2) is 34.0 Å². The lowest BCUT2D eigenvalue weighted by Crippen LogP contribution is -2.45. The van der Waals surface area contributed by atoms with Crippen molar-refractivity contribution in [2.24, 2.45) is 5.92 Å². The van der Waals surface area contributed by atoms with Crippen LogP contribution in [0.1, 0.15) is 32.5 Å². The molecule has 0 unspecified atom stereocenters. The van der Waals surface area contributed by atoms with Crippen molar-refractivity contribution in [2.45, 2.75) is 51.9 Å². The van der Waals surface area contributed by atoms with Crippen LogP contribution >= 0.6 is 0 Å². The predicted molar refractivity (Wildman–Crippen MR) is 65.5 cm³/mol. The monoisotopic (exact) mass is 238 g/mol. The Balaban J connectivity index is 1.77. The Kier molecular flexibility index (Phi) is 4.12. The molecule has 1 aliphatic carbocycles. The minimum Gasteiger partial charge on any atom is -0.381 e. The van der Waals surface area contributed by atoms with E-state index in [2.05, 4.69) is 29.2 Å². The molecule has 0 atom stereocenters. The zero-order valence-electron chi connectivity index (χ0n) is 10.9. The van der Waals surface area contributed by atoms with E-state index in [0.717, 1.165) is 31.8 Å². The van der Waals surface area contributed by atoms with Crippen molar-refractivity contribution in [2.75, 3.05) is 7.11 Å².